The number of allylic oxidation sites excluding steroid dienone is 2. The first-order chi connectivity index (χ1) is 13.5. The monoisotopic (exact) mass is 389 g/mol. The molecule has 5 unspecified atom stereocenters. The summed E-state index contributed by atoms with van der Waals surface area (Å²) in [6.45, 7) is 0. The maximum atomic E-state index is 10.4. The summed E-state index contributed by atoms with van der Waals surface area (Å²) in [6, 6.07) is 10.1. The number of hydrogen-bond acceptors (Lipinski definition) is 5. The van der Waals surface area contributed by atoms with E-state index in [1.54, 1.807) is 0 Å². The number of aliphatic hydroxyl groups excluding tert-OH is 3. The molecule has 1 aliphatic rings. The summed E-state index contributed by atoms with van der Waals surface area (Å²) < 4.78 is 0. The van der Waals surface area contributed by atoms with Gasteiger partial charge in [0.25, 0.3) is 0 Å². The highest BCUT2D eigenvalue weighted by Crippen LogP contribution is 2.38. The van der Waals surface area contributed by atoms with Crippen LogP contribution in [-0.4, -0.2) is 39.6 Å². The van der Waals surface area contributed by atoms with Crippen molar-refractivity contribution in [2.45, 2.75) is 76.1 Å². The topological polar surface area (TPSA) is 101 Å². The predicted molar refractivity (Wildman–Crippen MR) is 106 cm³/mol. The van der Waals surface area contributed by atoms with Crippen LogP contribution in [0.5, 0.6) is 0 Å². The van der Waals surface area contributed by atoms with Crippen LogP contribution in [0.4, 0.5) is 0 Å². The van der Waals surface area contributed by atoms with Crippen LogP contribution in [0.25, 0.3) is 0 Å². The minimum atomic E-state index is -1.03. The Labute approximate surface area is 167 Å². The van der Waals surface area contributed by atoms with Crippen LogP contribution in [0, 0.1) is 11.8 Å². The zero-order chi connectivity index (χ0) is 20.4. The molecule has 0 amide bonds. The number of aliphatic hydroxyl groups is 3. The van der Waals surface area contributed by atoms with E-state index in [-0.39, 0.29) is 18.3 Å². The first-order valence-electron chi connectivity index (χ1n) is 10.4. The molecule has 0 aliphatic heterocycles. The molecule has 5 nitrogen and oxygen atoms in total. The molecule has 28 heavy (non-hydrogen) atoms. The fraction of sp³-hybridized carbons (Fsp3) is 0.609. The smallest absolute Gasteiger partial charge is 0.0599 e. The summed E-state index contributed by atoms with van der Waals surface area (Å²) in [5.41, 5.74) is 1.21. The molecule has 1 aliphatic carbocycles. The molecule has 1 aromatic carbocycles. The van der Waals surface area contributed by atoms with Gasteiger partial charge in [0.1, 0.15) is 0 Å². The van der Waals surface area contributed by atoms with Crippen molar-refractivity contribution in [2.24, 2.45) is 11.8 Å². The second-order valence-corrected chi connectivity index (χ2v) is 7.92. The number of carbonyl (C=O) groups excluding carboxylic acids is 1. The van der Waals surface area contributed by atoms with E-state index in [0.29, 0.717) is 44.9 Å². The van der Waals surface area contributed by atoms with E-state index in [2.05, 4.69) is 12.1 Å². The molecule has 1 fully saturated rings. The lowest BCUT2D eigenvalue weighted by molar-refractivity contribution is -0.305. The maximum absolute atomic E-state index is 10.4. The number of aryl methyl sites for hydroxylation is 1. The molecular formula is C23H33O5-. The Balaban J connectivity index is 1.74. The molecule has 5 heteroatoms. The fourth-order valence-electron chi connectivity index (χ4n) is 4.15. The van der Waals surface area contributed by atoms with E-state index < -0.39 is 24.3 Å². The van der Waals surface area contributed by atoms with Crippen LogP contribution >= 0.6 is 0 Å². The summed E-state index contributed by atoms with van der Waals surface area (Å²) in [4.78, 5) is 10.4. The SMILES string of the molecule is O=C([O-])CCCC=CCC1C(O)CC(O)C1CCC(O)CCc1ccccc1. The van der Waals surface area contributed by atoms with Crippen molar-refractivity contribution in [3.63, 3.8) is 0 Å². The van der Waals surface area contributed by atoms with Gasteiger partial charge in [-0.2, -0.15) is 0 Å². The minimum Gasteiger partial charge on any atom is -0.550 e. The zero-order valence-electron chi connectivity index (χ0n) is 16.5. The van der Waals surface area contributed by atoms with E-state index >= 15 is 0 Å². The summed E-state index contributed by atoms with van der Waals surface area (Å²) in [6.07, 6.45) is 7.58. The number of carboxylic acid groups (broad SMARTS) is 1. The van der Waals surface area contributed by atoms with Crippen LogP contribution in [0.15, 0.2) is 42.5 Å². The van der Waals surface area contributed by atoms with E-state index in [4.69, 9.17) is 0 Å². The van der Waals surface area contributed by atoms with Gasteiger partial charge in [-0.1, -0.05) is 42.5 Å². The number of hydrogen-bond donors (Lipinski definition) is 3. The summed E-state index contributed by atoms with van der Waals surface area (Å²) in [5, 5.41) is 41.3. The average molecular weight is 390 g/mol. The fourth-order valence-corrected chi connectivity index (χ4v) is 4.15. The lowest BCUT2D eigenvalue weighted by atomic mass is 9.85. The van der Waals surface area contributed by atoms with Gasteiger partial charge < -0.3 is 25.2 Å². The Morgan fingerprint density at radius 3 is 2.54 bits per heavy atom. The molecule has 0 radical (unpaired) electrons. The predicted octanol–water partition coefficient (Wildman–Crippen LogP) is 1.98. The van der Waals surface area contributed by atoms with Crippen molar-refractivity contribution in [1.82, 2.24) is 0 Å². The Kier molecular flexibility index (Phi) is 9.68. The standard InChI is InChI=1S/C23H34O5/c24-18(13-12-17-8-4-3-5-9-17)14-15-20-19(21(25)16-22(20)26)10-6-1-2-7-11-23(27)28/h1,3-6,8-9,18-22,24-26H,2,7,10-16H2,(H,27,28)/p-1. The number of rotatable bonds is 12. The van der Waals surface area contributed by atoms with Crippen molar-refractivity contribution in [3.8, 4) is 0 Å². The van der Waals surface area contributed by atoms with Crippen molar-refractivity contribution in [3.05, 3.63) is 48.0 Å². The average Bonchev–Trinajstić information content (AvgIpc) is 2.94. The third-order valence-electron chi connectivity index (χ3n) is 5.79. The quantitative estimate of drug-likeness (QED) is 0.375. The van der Waals surface area contributed by atoms with Gasteiger partial charge in [-0.05, 0) is 75.2 Å². The molecule has 3 N–H and O–H groups in total. The molecule has 0 heterocycles. The third kappa shape index (κ3) is 7.74. The molecule has 5 atom stereocenters. The molecular weight excluding hydrogens is 356 g/mol. The van der Waals surface area contributed by atoms with Crippen molar-refractivity contribution in [1.29, 1.82) is 0 Å². The summed E-state index contributed by atoms with van der Waals surface area (Å²) in [5.74, 6) is -1.07. The lowest BCUT2D eigenvalue weighted by Gasteiger charge is -2.23. The van der Waals surface area contributed by atoms with E-state index in [0.717, 1.165) is 6.42 Å². The lowest BCUT2D eigenvalue weighted by Crippen LogP contribution is -2.23. The van der Waals surface area contributed by atoms with Crippen LogP contribution in [0.3, 0.4) is 0 Å². The van der Waals surface area contributed by atoms with Crippen LogP contribution in [-0.2, 0) is 11.2 Å². The number of benzene rings is 1. The molecule has 0 spiro atoms. The molecule has 1 aromatic rings. The van der Waals surface area contributed by atoms with Crippen LogP contribution in [0.1, 0.15) is 56.9 Å². The van der Waals surface area contributed by atoms with Gasteiger partial charge in [-0.25, -0.2) is 0 Å². The molecule has 1 saturated carbocycles. The number of carbonyl (C=O) groups is 1. The number of carboxylic acids is 1. The Bertz CT molecular complexity index is 600. The maximum Gasteiger partial charge on any atom is 0.0599 e. The first-order valence-corrected chi connectivity index (χ1v) is 10.4. The van der Waals surface area contributed by atoms with E-state index in [1.807, 2.05) is 30.4 Å². The summed E-state index contributed by atoms with van der Waals surface area (Å²) in [7, 11) is 0. The van der Waals surface area contributed by atoms with Crippen molar-refractivity contribution < 1.29 is 25.2 Å². The second kappa shape index (κ2) is 12.0. The summed E-state index contributed by atoms with van der Waals surface area (Å²) >= 11 is 0. The van der Waals surface area contributed by atoms with Crippen molar-refractivity contribution in [2.75, 3.05) is 0 Å². The van der Waals surface area contributed by atoms with Gasteiger partial charge in [-0.15, -0.1) is 0 Å². The van der Waals surface area contributed by atoms with Gasteiger partial charge in [0, 0.05) is 5.97 Å². The number of aliphatic carboxylic acids is 1. The van der Waals surface area contributed by atoms with E-state index in [9.17, 15) is 25.2 Å². The molecule has 0 bridgehead atoms. The van der Waals surface area contributed by atoms with Gasteiger partial charge >= 0.3 is 0 Å². The van der Waals surface area contributed by atoms with Crippen LogP contribution < -0.4 is 5.11 Å². The zero-order valence-corrected chi connectivity index (χ0v) is 16.5. The highest BCUT2D eigenvalue weighted by molar-refractivity contribution is 5.64. The molecule has 2 rings (SSSR count). The molecule has 156 valence electrons. The number of unbranched alkanes of at least 4 members (excludes halogenated alkanes) is 1. The van der Waals surface area contributed by atoms with Gasteiger partial charge in [0.2, 0.25) is 0 Å². The van der Waals surface area contributed by atoms with Crippen molar-refractivity contribution >= 4 is 5.97 Å². The molecule has 0 aromatic heterocycles. The highest BCUT2D eigenvalue weighted by Gasteiger charge is 2.40. The molecule has 0 saturated heterocycles. The largest absolute Gasteiger partial charge is 0.550 e. The van der Waals surface area contributed by atoms with Gasteiger partial charge in [-0.3, -0.25) is 0 Å². The normalized spacial score (nSPS) is 26.0. The van der Waals surface area contributed by atoms with Crippen LogP contribution in [0.2, 0.25) is 0 Å². The van der Waals surface area contributed by atoms with Gasteiger partial charge in [0.15, 0.2) is 0 Å². The Hall–Kier alpha value is -1.69. The third-order valence-corrected chi connectivity index (χ3v) is 5.79. The Morgan fingerprint density at radius 2 is 1.82 bits per heavy atom. The van der Waals surface area contributed by atoms with Gasteiger partial charge in [0.05, 0.1) is 18.3 Å². The Morgan fingerprint density at radius 1 is 1.11 bits per heavy atom. The van der Waals surface area contributed by atoms with E-state index in [1.165, 1.54) is 5.56 Å². The highest BCUT2D eigenvalue weighted by atomic mass is 16.4. The first kappa shape index (κ1) is 22.6. The second-order valence-electron chi connectivity index (χ2n) is 7.92. The minimum absolute atomic E-state index is 0.0192.